The number of hydrogen-bond acceptors (Lipinski definition) is 1. The lowest BCUT2D eigenvalue weighted by Gasteiger charge is -2.05. The van der Waals surface area contributed by atoms with E-state index in [1.807, 2.05) is 0 Å². The first-order chi connectivity index (χ1) is 6.15. The minimum Gasteiger partial charge on any atom is -0.382 e. The summed E-state index contributed by atoms with van der Waals surface area (Å²) < 4.78 is 24.6. The molecule has 0 fully saturated rings. The Hall–Kier alpha value is -0.540. The first-order valence-electron chi connectivity index (χ1n) is 3.59. The standard InChI is InChI=1S/C8H7Cl2F2N/c9-6-3-5(13-2-1-11)4-7(10)8(6)12/h3-4,13H,1-2H2. The van der Waals surface area contributed by atoms with Crippen LogP contribution in [0, 0.1) is 5.82 Å². The SMILES string of the molecule is FCCNc1cc(Cl)c(F)c(Cl)c1. The number of halogens is 4. The summed E-state index contributed by atoms with van der Waals surface area (Å²) in [5, 5.41) is 2.54. The quantitative estimate of drug-likeness (QED) is 0.777. The fourth-order valence-corrected chi connectivity index (χ4v) is 1.34. The van der Waals surface area contributed by atoms with E-state index in [2.05, 4.69) is 5.32 Å². The lowest BCUT2D eigenvalue weighted by Crippen LogP contribution is -2.03. The van der Waals surface area contributed by atoms with Crippen LogP contribution in [0.15, 0.2) is 12.1 Å². The predicted octanol–water partition coefficient (Wildman–Crippen LogP) is 3.51. The highest BCUT2D eigenvalue weighted by molar-refractivity contribution is 6.35. The third-order valence-corrected chi connectivity index (χ3v) is 1.96. The Morgan fingerprint density at radius 1 is 1.23 bits per heavy atom. The van der Waals surface area contributed by atoms with Crippen LogP contribution in [0.25, 0.3) is 0 Å². The van der Waals surface area contributed by atoms with Crippen LogP contribution in [-0.2, 0) is 0 Å². The molecule has 0 heterocycles. The maximum atomic E-state index is 12.9. The predicted molar refractivity (Wildman–Crippen MR) is 50.9 cm³/mol. The second-order valence-corrected chi connectivity index (χ2v) is 3.18. The summed E-state index contributed by atoms with van der Waals surface area (Å²) in [6, 6.07) is 2.72. The van der Waals surface area contributed by atoms with E-state index in [4.69, 9.17) is 23.2 Å². The molecule has 0 aliphatic carbocycles. The van der Waals surface area contributed by atoms with Gasteiger partial charge in [0.25, 0.3) is 0 Å². The Bertz CT molecular complexity index is 281. The molecule has 5 heteroatoms. The highest BCUT2D eigenvalue weighted by Crippen LogP contribution is 2.27. The van der Waals surface area contributed by atoms with Gasteiger partial charge in [-0.3, -0.25) is 0 Å². The number of rotatable bonds is 3. The van der Waals surface area contributed by atoms with Gasteiger partial charge in [0, 0.05) is 12.2 Å². The summed E-state index contributed by atoms with van der Waals surface area (Å²) in [4.78, 5) is 0. The van der Waals surface area contributed by atoms with Crippen molar-refractivity contribution in [2.45, 2.75) is 0 Å². The molecule has 0 aromatic heterocycles. The Morgan fingerprint density at radius 2 is 1.77 bits per heavy atom. The van der Waals surface area contributed by atoms with Crippen molar-refractivity contribution in [1.82, 2.24) is 0 Å². The molecule has 0 saturated carbocycles. The van der Waals surface area contributed by atoms with Crippen molar-refractivity contribution < 1.29 is 8.78 Å². The highest BCUT2D eigenvalue weighted by atomic mass is 35.5. The number of hydrogen-bond donors (Lipinski definition) is 1. The third-order valence-electron chi connectivity index (χ3n) is 1.41. The van der Waals surface area contributed by atoms with Gasteiger partial charge in [0.05, 0.1) is 10.0 Å². The van der Waals surface area contributed by atoms with Gasteiger partial charge in [-0.15, -0.1) is 0 Å². The van der Waals surface area contributed by atoms with Gasteiger partial charge >= 0.3 is 0 Å². The molecule has 1 aromatic rings. The van der Waals surface area contributed by atoms with Crippen LogP contribution >= 0.6 is 23.2 Å². The molecular weight excluding hydrogens is 219 g/mol. The average molecular weight is 226 g/mol. The zero-order chi connectivity index (χ0) is 9.84. The van der Waals surface area contributed by atoms with E-state index in [-0.39, 0.29) is 16.6 Å². The summed E-state index contributed by atoms with van der Waals surface area (Å²) in [6.45, 7) is -0.356. The average Bonchev–Trinajstić information content (AvgIpc) is 2.10. The van der Waals surface area contributed by atoms with E-state index in [1.165, 1.54) is 12.1 Å². The number of nitrogens with one attached hydrogen (secondary N) is 1. The normalized spacial score (nSPS) is 10.2. The Kier molecular flexibility index (Phi) is 3.75. The van der Waals surface area contributed by atoms with Gasteiger partial charge in [0.2, 0.25) is 0 Å². The topological polar surface area (TPSA) is 12.0 Å². The van der Waals surface area contributed by atoms with Crippen molar-refractivity contribution in [3.8, 4) is 0 Å². The van der Waals surface area contributed by atoms with Crippen molar-refractivity contribution in [3.05, 3.63) is 28.0 Å². The van der Waals surface area contributed by atoms with Gasteiger partial charge in [-0.25, -0.2) is 8.78 Å². The molecule has 0 amide bonds. The summed E-state index contributed by atoms with van der Waals surface area (Å²) in [7, 11) is 0. The molecule has 0 aliphatic rings. The molecule has 0 atom stereocenters. The van der Waals surface area contributed by atoms with Crippen molar-refractivity contribution in [1.29, 1.82) is 0 Å². The number of alkyl halides is 1. The van der Waals surface area contributed by atoms with Gasteiger partial charge in [0.1, 0.15) is 6.67 Å². The van der Waals surface area contributed by atoms with E-state index >= 15 is 0 Å². The zero-order valence-electron chi connectivity index (χ0n) is 6.58. The fourth-order valence-electron chi connectivity index (χ4n) is 0.849. The van der Waals surface area contributed by atoms with Crippen molar-refractivity contribution in [2.24, 2.45) is 0 Å². The van der Waals surface area contributed by atoms with E-state index in [1.54, 1.807) is 0 Å². The molecule has 0 saturated heterocycles. The van der Waals surface area contributed by atoms with Crippen LogP contribution in [0.4, 0.5) is 14.5 Å². The first-order valence-corrected chi connectivity index (χ1v) is 4.35. The minimum atomic E-state index is -0.658. The number of benzene rings is 1. The summed E-state index contributed by atoms with van der Waals surface area (Å²) in [5.74, 6) is -0.658. The van der Waals surface area contributed by atoms with Gasteiger partial charge < -0.3 is 5.32 Å². The third kappa shape index (κ3) is 2.71. The Labute approximate surface area is 84.6 Å². The molecule has 0 radical (unpaired) electrons. The van der Waals surface area contributed by atoms with Crippen molar-refractivity contribution in [3.63, 3.8) is 0 Å². The molecule has 0 spiro atoms. The van der Waals surface area contributed by atoms with Crippen LogP contribution in [0.3, 0.4) is 0 Å². The molecule has 1 N–H and O–H groups in total. The molecule has 0 aliphatic heterocycles. The van der Waals surface area contributed by atoms with E-state index in [0.29, 0.717) is 5.69 Å². The second-order valence-electron chi connectivity index (χ2n) is 2.37. The van der Waals surface area contributed by atoms with Gasteiger partial charge in [-0.05, 0) is 12.1 Å². The molecular formula is C8H7Cl2F2N. The van der Waals surface area contributed by atoms with E-state index in [0.717, 1.165) is 0 Å². The van der Waals surface area contributed by atoms with Gasteiger partial charge in [0.15, 0.2) is 5.82 Å². The lowest BCUT2D eigenvalue weighted by molar-refractivity contribution is 0.513. The smallest absolute Gasteiger partial charge is 0.160 e. The summed E-state index contributed by atoms with van der Waals surface area (Å²) in [5.41, 5.74) is 0.508. The Balaban J connectivity index is 2.86. The fraction of sp³-hybridized carbons (Fsp3) is 0.250. The highest BCUT2D eigenvalue weighted by Gasteiger charge is 2.06. The second kappa shape index (κ2) is 4.63. The maximum absolute atomic E-state index is 12.9. The largest absolute Gasteiger partial charge is 0.382 e. The summed E-state index contributed by atoms with van der Waals surface area (Å²) in [6.07, 6.45) is 0. The van der Waals surface area contributed by atoms with Crippen LogP contribution in [0.5, 0.6) is 0 Å². The van der Waals surface area contributed by atoms with Crippen LogP contribution in [0.2, 0.25) is 10.0 Å². The minimum absolute atomic E-state index is 0.0751. The van der Waals surface area contributed by atoms with E-state index < -0.39 is 12.5 Å². The van der Waals surface area contributed by atoms with Gasteiger partial charge in [-0.1, -0.05) is 23.2 Å². The molecule has 0 unspecified atom stereocenters. The summed E-state index contributed by atoms with van der Waals surface area (Å²) >= 11 is 11.0. The molecule has 72 valence electrons. The monoisotopic (exact) mass is 225 g/mol. The molecule has 13 heavy (non-hydrogen) atoms. The zero-order valence-corrected chi connectivity index (χ0v) is 8.09. The van der Waals surface area contributed by atoms with Crippen molar-refractivity contribution >= 4 is 28.9 Å². The number of anilines is 1. The van der Waals surface area contributed by atoms with Crippen LogP contribution < -0.4 is 5.32 Å². The first kappa shape index (κ1) is 10.5. The van der Waals surface area contributed by atoms with Crippen molar-refractivity contribution in [2.75, 3.05) is 18.5 Å². The Morgan fingerprint density at radius 3 is 2.23 bits per heavy atom. The van der Waals surface area contributed by atoms with Crippen LogP contribution in [-0.4, -0.2) is 13.2 Å². The molecule has 1 nitrogen and oxygen atoms in total. The molecule has 0 bridgehead atoms. The van der Waals surface area contributed by atoms with E-state index in [9.17, 15) is 8.78 Å². The lowest BCUT2D eigenvalue weighted by atomic mass is 10.3. The molecule has 1 rings (SSSR count). The maximum Gasteiger partial charge on any atom is 0.160 e. The molecule has 1 aromatic carbocycles. The van der Waals surface area contributed by atoms with Gasteiger partial charge in [-0.2, -0.15) is 0 Å². The van der Waals surface area contributed by atoms with Crippen LogP contribution in [0.1, 0.15) is 0 Å².